The van der Waals surface area contributed by atoms with Crippen LogP contribution in [0.15, 0.2) is 11.1 Å². The largest absolute Gasteiger partial charge is 0.465 e. The lowest BCUT2D eigenvalue weighted by Crippen LogP contribution is -2.45. The number of esters is 3. The average Bonchev–Trinajstić information content (AvgIpc) is 3.35. The van der Waals surface area contributed by atoms with Gasteiger partial charge in [0.15, 0.2) is 0 Å². The maximum Gasteiger partial charge on any atom is 0.465 e. The number of halogens is 2. The van der Waals surface area contributed by atoms with Crippen molar-refractivity contribution < 1.29 is 50.3 Å². The molecule has 3 saturated carbocycles. The molecule has 1 saturated heterocycles. The van der Waals surface area contributed by atoms with Crippen molar-refractivity contribution in [3.05, 3.63) is 11.1 Å². The predicted octanol–water partition coefficient (Wildman–Crippen LogP) is 2.40. The summed E-state index contributed by atoms with van der Waals surface area (Å²) in [6, 6.07) is 0. The fourth-order valence-electron chi connectivity index (χ4n) is 6.84. The lowest BCUT2D eigenvalue weighted by Gasteiger charge is -2.42. The van der Waals surface area contributed by atoms with Crippen LogP contribution in [0.1, 0.15) is 51.9 Å². The highest BCUT2D eigenvalue weighted by molar-refractivity contribution is 7.87. The van der Waals surface area contributed by atoms with Gasteiger partial charge in [0.2, 0.25) is 0 Å². The molecule has 4 bridgehead atoms. The molecule has 34 heavy (non-hydrogen) atoms. The van der Waals surface area contributed by atoms with Gasteiger partial charge in [-0.05, 0) is 56.3 Å². The molecule has 6 atom stereocenters. The Hall–Kier alpha value is -2.08. The van der Waals surface area contributed by atoms with Crippen molar-refractivity contribution in [2.24, 2.45) is 29.6 Å². The summed E-state index contributed by atoms with van der Waals surface area (Å²) in [5, 5.41) is -5.19. The lowest BCUT2D eigenvalue weighted by atomic mass is 9.66. The number of hydrogen-bond acceptors (Lipinski definition) is 8. The van der Waals surface area contributed by atoms with Gasteiger partial charge < -0.3 is 14.2 Å². The molecule has 5 rings (SSSR count). The molecule has 12 heteroatoms. The molecule has 0 aromatic heterocycles. The molecule has 4 fully saturated rings. The molecular formula is C22H26F2O9S. The Kier molecular flexibility index (Phi) is 5.55. The van der Waals surface area contributed by atoms with Gasteiger partial charge in [-0.25, -0.2) is 14.4 Å². The first kappa shape index (κ1) is 23.7. The second-order valence-corrected chi connectivity index (χ2v) is 11.7. The lowest BCUT2D eigenvalue weighted by molar-refractivity contribution is -0.176. The van der Waals surface area contributed by atoms with Crippen LogP contribution in [0.2, 0.25) is 0 Å². The predicted molar refractivity (Wildman–Crippen MR) is 109 cm³/mol. The fraction of sp³-hybridized carbons (Fsp3) is 0.773. The number of ether oxygens (including phenoxy) is 3. The maximum atomic E-state index is 13.7. The van der Waals surface area contributed by atoms with Crippen LogP contribution in [0.5, 0.6) is 0 Å². The van der Waals surface area contributed by atoms with Gasteiger partial charge in [-0.3, -0.25) is 4.55 Å². The van der Waals surface area contributed by atoms with Gasteiger partial charge in [-0.15, -0.1) is 0 Å². The third-order valence-corrected chi connectivity index (χ3v) is 9.00. The molecule has 188 valence electrons. The van der Waals surface area contributed by atoms with Crippen molar-refractivity contribution in [1.29, 1.82) is 0 Å². The van der Waals surface area contributed by atoms with Crippen molar-refractivity contribution in [2.75, 3.05) is 0 Å². The second-order valence-electron chi connectivity index (χ2n) is 10.2. The number of fused-ring (bicyclic) bond motifs is 3. The number of carbonyl (C=O) groups is 3. The van der Waals surface area contributed by atoms with E-state index in [9.17, 15) is 31.6 Å². The Balaban J connectivity index is 1.32. The average molecular weight is 505 g/mol. The summed E-state index contributed by atoms with van der Waals surface area (Å²) in [5.41, 5.74) is 0.0785. The van der Waals surface area contributed by atoms with E-state index in [1.807, 2.05) is 0 Å². The summed E-state index contributed by atoms with van der Waals surface area (Å²) in [6.07, 6.45) is 3.13. The van der Waals surface area contributed by atoms with Crippen LogP contribution in [0.25, 0.3) is 0 Å². The molecule has 1 heterocycles. The smallest absolute Gasteiger partial charge is 0.459 e. The van der Waals surface area contributed by atoms with Gasteiger partial charge in [-0.2, -0.15) is 17.2 Å². The van der Waals surface area contributed by atoms with Crippen LogP contribution >= 0.6 is 0 Å². The molecule has 5 aliphatic rings. The Morgan fingerprint density at radius 1 is 1.06 bits per heavy atom. The van der Waals surface area contributed by atoms with Crippen molar-refractivity contribution in [1.82, 2.24) is 0 Å². The number of hydrogen-bond donors (Lipinski definition) is 1. The maximum absolute atomic E-state index is 13.7. The van der Waals surface area contributed by atoms with Gasteiger partial charge in [0.25, 0.3) is 0 Å². The normalized spacial score (nSPS) is 38.6. The van der Waals surface area contributed by atoms with Crippen molar-refractivity contribution in [2.45, 2.75) is 75.4 Å². The Labute approximate surface area is 194 Å². The van der Waals surface area contributed by atoms with Gasteiger partial charge in [0, 0.05) is 11.8 Å². The molecule has 4 aliphatic carbocycles. The van der Waals surface area contributed by atoms with Crippen LogP contribution in [0.3, 0.4) is 0 Å². The summed E-state index contributed by atoms with van der Waals surface area (Å²) in [5.74, 6) is -4.00. The van der Waals surface area contributed by atoms with Crippen LogP contribution < -0.4 is 0 Å². The number of alkyl halides is 2. The van der Waals surface area contributed by atoms with E-state index in [1.54, 1.807) is 0 Å². The van der Waals surface area contributed by atoms with E-state index < -0.39 is 57.3 Å². The molecule has 0 amide bonds. The minimum absolute atomic E-state index is 0.0427. The van der Waals surface area contributed by atoms with Gasteiger partial charge in [-0.1, -0.05) is 13.3 Å². The standard InChI is InChI=1S/C22H26F2O9S/c1-2-9-3-10-5-11(4-9)7-12(6-10)31-19(25)15-14-8-13-16(15)20(26)32-17(13)18(14)33-21(27)22(23,24)34(28,29)30/h9-14,17-18H,2-8H2,1H3,(H,28,29,30). The SMILES string of the molecule is CCC1CC2CC(C1)CC(OC(=O)C1=C3C(=O)OC4C3CC1C4OC(=O)C(F)(F)S(=O)(=O)O)C2. The summed E-state index contributed by atoms with van der Waals surface area (Å²) >= 11 is 0. The van der Waals surface area contributed by atoms with E-state index in [-0.39, 0.29) is 23.7 Å². The Bertz CT molecular complexity index is 1050. The molecule has 6 unspecified atom stereocenters. The zero-order chi connectivity index (χ0) is 24.6. The van der Waals surface area contributed by atoms with E-state index in [1.165, 1.54) is 0 Å². The zero-order valence-corrected chi connectivity index (χ0v) is 19.3. The molecule has 1 aliphatic heterocycles. The van der Waals surface area contributed by atoms with Gasteiger partial charge in [0.05, 0.1) is 11.1 Å². The third kappa shape index (κ3) is 3.64. The first-order valence-corrected chi connectivity index (χ1v) is 13.1. The quantitative estimate of drug-likeness (QED) is 0.329. The van der Waals surface area contributed by atoms with E-state index in [4.69, 9.17) is 18.8 Å². The van der Waals surface area contributed by atoms with E-state index >= 15 is 0 Å². The van der Waals surface area contributed by atoms with E-state index in [0.29, 0.717) is 17.8 Å². The number of rotatable bonds is 6. The molecule has 0 radical (unpaired) electrons. The van der Waals surface area contributed by atoms with Crippen molar-refractivity contribution in [3.8, 4) is 0 Å². The van der Waals surface area contributed by atoms with Gasteiger partial charge in [0.1, 0.15) is 18.3 Å². The first-order chi connectivity index (χ1) is 15.9. The molecule has 9 nitrogen and oxygen atoms in total. The molecule has 0 aromatic rings. The molecule has 0 spiro atoms. The molecule has 0 aromatic carbocycles. The van der Waals surface area contributed by atoms with Crippen LogP contribution in [-0.4, -0.2) is 54.4 Å². The molecular weight excluding hydrogens is 478 g/mol. The van der Waals surface area contributed by atoms with Gasteiger partial charge >= 0.3 is 33.3 Å². The fourth-order valence-corrected chi connectivity index (χ4v) is 7.10. The summed E-state index contributed by atoms with van der Waals surface area (Å²) < 4.78 is 73.6. The van der Waals surface area contributed by atoms with E-state index in [2.05, 4.69) is 6.92 Å². The topological polar surface area (TPSA) is 133 Å². The summed E-state index contributed by atoms with van der Waals surface area (Å²) in [7, 11) is -6.06. The minimum Gasteiger partial charge on any atom is -0.459 e. The zero-order valence-electron chi connectivity index (χ0n) is 18.4. The van der Waals surface area contributed by atoms with Crippen molar-refractivity contribution >= 4 is 28.0 Å². The Morgan fingerprint density at radius 3 is 2.29 bits per heavy atom. The minimum atomic E-state index is -6.06. The van der Waals surface area contributed by atoms with E-state index in [0.717, 1.165) is 38.5 Å². The van der Waals surface area contributed by atoms with Crippen molar-refractivity contribution in [3.63, 3.8) is 0 Å². The highest BCUT2D eigenvalue weighted by Crippen LogP contribution is 2.56. The Morgan fingerprint density at radius 2 is 1.71 bits per heavy atom. The first-order valence-electron chi connectivity index (χ1n) is 11.6. The van der Waals surface area contributed by atoms with Crippen LogP contribution in [0, 0.1) is 29.6 Å². The summed E-state index contributed by atoms with van der Waals surface area (Å²) in [6.45, 7) is 2.18. The third-order valence-electron chi connectivity index (χ3n) is 8.19. The highest BCUT2D eigenvalue weighted by Gasteiger charge is 2.66. The van der Waals surface area contributed by atoms with Crippen LogP contribution in [-0.2, 0) is 38.7 Å². The second kappa shape index (κ2) is 7.97. The monoisotopic (exact) mass is 504 g/mol. The van der Waals surface area contributed by atoms with Crippen LogP contribution in [0.4, 0.5) is 8.78 Å². The highest BCUT2D eigenvalue weighted by atomic mass is 32.2. The summed E-state index contributed by atoms with van der Waals surface area (Å²) in [4.78, 5) is 37.4. The molecule has 1 N–H and O–H groups in total. The number of carbonyl (C=O) groups excluding carboxylic acids is 3.